The number of rotatable bonds is 0. The van der Waals surface area contributed by atoms with E-state index in [0.717, 1.165) is 49.1 Å². The normalized spacial score (nSPS) is 19.9. The van der Waals surface area contributed by atoms with E-state index < -0.39 is 0 Å². The second-order valence-corrected chi connectivity index (χ2v) is 8.27. The van der Waals surface area contributed by atoms with Crippen LogP contribution in [0, 0.1) is 0 Å². The monoisotopic (exact) mass is 480 g/mol. The van der Waals surface area contributed by atoms with Crippen LogP contribution in [0.4, 0.5) is 0 Å². The Bertz CT molecular complexity index is 694. The molecule has 2 aliphatic heterocycles. The van der Waals surface area contributed by atoms with Gasteiger partial charge < -0.3 is 16.1 Å². The van der Waals surface area contributed by atoms with E-state index in [4.69, 9.17) is 23.2 Å². The summed E-state index contributed by atoms with van der Waals surface area (Å²) in [6.07, 6.45) is 2.24. The molecule has 4 N–H and O–H groups in total. The standard InChI is InChI=1S/2C11H14ClN.2ClH.H2O/c2*1-8-7-13-5-4-9-2-3-10(12)6-11(8)9;;;/h2*2-3,6,8,13H,4-5,7H2,1H3;2*1H;1H2. The molecule has 2 aromatic rings. The molecule has 0 amide bonds. The van der Waals surface area contributed by atoms with Crippen molar-refractivity contribution in [3.8, 4) is 0 Å². The predicted molar refractivity (Wildman–Crippen MR) is 131 cm³/mol. The van der Waals surface area contributed by atoms with Crippen LogP contribution in [0.5, 0.6) is 0 Å². The number of nitrogens with one attached hydrogen (secondary N) is 2. The van der Waals surface area contributed by atoms with Gasteiger partial charge >= 0.3 is 0 Å². The maximum atomic E-state index is 5.97. The number of halogens is 4. The fraction of sp³-hybridized carbons (Fsp3) is 0.455. The zero-order valence-corrected chi connectivity index (χ0v) is 20.1. The molecule has 164 valence electrons. The number of benzene rings is 2. The van der Waals surface area contributed by atoms with Gasteiger partial charge in [0.15, 0.2) is 0 Å². The molecular formula is C22H32Cl4N2O. The average molecular weight is 482 g/mol. The van der Waals surface area contributed by atoms with Gasteiger partial charge in [-0.05, 0) is 84.3 Å². The SMILES string of the molecule is CC1CNCCc2ccc(Cl)cc21.CC1CNCCc2ccc(Cl)cc21.Cl.Cl.O. The molecular weight excluding hydrogens is 450 g/mol. The topological polar surface area (TPSA) is 55.6 Å². The molecule has 0 spiro atoms. The Morgan fingerprint density at radius 1 is 0.724 bits per heavy atom. The van der Waals surface area contributed by atoms with Gasteiger partial charge in [0.25, 0.3) is 0 Å². The van der Waals surface area contributed by atoms with Gasteiger partial charge in [0, 0.05) is 23.1 Å². The van der Waals surface area contributed by atoms with Gasteiger partial charge in [-0.1, -0.05) is 49.2 Å². The lowest BCUT2D eigenvalue weighted by molar-refractivity contribution is 0.644. The van der Waals surface area contributed by atoms with Crippen LogP contribution in [0.1, 0.15) is 47.9 Å². The number of fused-ring (bicyclic) bond motifs is 2. The van der Waals surface area contributed by atoms with Crippen molar-refractivity contribution in [3.05, 3.63) is 68.7 Å². The number of hydrogen-bond donors (Lipinski definition) is 2. The van der Waals surface area contributed by atoms with E-state index in [1.165, 1.54) is 22.3 Å². The lowest BCUT2D eigenvalue weighted by Crippen LogP contribution is -2.18. The Morgan fingerprint density at radius 3 is 1.48 bits per heavy atom. The molecule has 0 radical (unpaired) electrons. The highest BCUT2D eigenvalue weighted by molar-refractivity contribution is 6.30. The Morgan fingerprint density at radius 2 is 1.10 bits per heavy atom. The fourth-order valence-electron chi connectivity index (χ4n) is 3.81. The first-order valence-electron chi connectivity index (χ1n) is 9.52. The molecule has 2 aromatic carbocycles. The van der Waals surface area contributed by atoms with E-state index in [1.54, 1.807) is 0 Å². The molecule has 0 saturated heterocycles. The quantitative estimate of drug-likeness (QED) is 0.543. The lowest BCUT2D eigenvalue weighted by Gasteiger charge is -2.11. The molecule has 2 heterocycles. The molecule has 7 heteroatoms. The van der Waals surface area contributed by atoms with E-state index in [1.807, 2.05) is 12.1 Å². The van der Waals surface area contributed by atoms with Crippen LogP contribution in [0.2, 0.25) is 10.0 Å². The molecule has 29 heavy (non-hydrogen) atoms. The molecule has 3 nitrogen and oxygen atoms in total. The van der Waals surface area contributed by atoms with Crippen molar-refractivity contribution >= 4 is 48.0 Å². The first-order valence-corrected chi connectivity index (χ1v) is 10.3. The van der Waals surface area contributed by atoms with Gasteiger partial charge in [-0.25, -0.2) is 0 Å². The first-order chi connectivity index (χ1) is 12.5. The Balaban J connectivity index is 0.000000490. The third-order valence-corrected chi connectivity index (χ3v) is 5.79. The van der Waals surface area contributed by atoms with Gasteiger partial charge in [-0.2, -0.15) is 0 Å². The zero-order valence-electron chi connectivity index (χ0n) is 16.9. The van der Waals surface area contributed by atoms with Crippen LogP contribution < -0.4 is 10.6 Å². The van der Waals surface area contributed by atoms with Crippen LogP contribution in [0.15, 0.2) is 36.4 Å². The van der Waals surface area contributed by atoms with E-state index >= 15 is 0 Å². The van der Waals surface area contributed by atoms with Crippen LogP contribution in [0.25, 0.3) is 0 Å². The summed E-state index contributed by atoms with van der Waals surface area (Å²) in [7, 11) is 0. The van der Waals surface area contributed by atoms with Crippen molar-refractivity contribution < 1.29 is 5.48 Å². The molecule has 0 aliphatic carbocycles. The second-order valence-electron chi connectivity index (χ2n) is 7.40. The van der Waals surface area contributed by atoms with Crippen molar-refractivity contribution in [2.24, 2.45) is 0 Å². The minimum Gasteiger partial charge on any atom is -0.412 e. The number of hydrogen-bond acceptors (Lipinski definition) is 2. The molecule has 0 bridgehead atoms. The summed E-state index contributed by atoms with van der Waals surface area (Å²) in [4.78, 5) is 0. The van der Waals surface area contributed by atoms with Crippen LogP contribution >= 0.6 is 48.0 Å². The molecule has 2 aliphatic rings. The van der Waals surface area contributed by atoms with Gasteiger partial charge in [-0.3, -0.25) is 0 Å². The first kappa shape index (κ1) is 28.5. The van der Waals surface area contributed by atoms with Crippen molar-refractivity contribution in [3.63, 3.8) is 0 Å². The molecule has 2 atom stereocenters. The highest BCUT2D eigenvalue weighted by atomic mass is 35.5. The van der Waals surface area contributed by atoms with Gasteiger partial charge in [0.05, 0.1) is 0 Å². The highest BCUT2D eigenvalue weighted by Gasteiger charge is 2.15. The van der Waals surface area contributed by atoms with Crippen LogP contribution in [-0.2, 0) is 12.8 Å². The molecule has 0 aromatic heterocycles. The molecule has 4 rings (SSSR count). The lowest BCUT2D eigenvalue weighted by atomic mass is 9.96. The summed E-state index contributed by atoms with van der Waals surface area (Å²) in [6, 6.07) is 12.5. The minimum atomic E-state index is 0. The largest absolute Gasteiger partial charge is 0.412 e. The third-order valence-electron chi connectivity index (χ3n) is 5.32. The van der Waals surface area contributed by atoms with Crippen molar-refractivity contribution in [1.82, 2.24) is 10.6 Å². The van der Waals surface area contributed by atoms with Crippen molar-refractivity contribution in [2.45, 2.75) is 38.5 Å². The predicted octanol–water partition coefficient (Wildman–Crippen LogP) is 5.20. The molecule has 0 saturated carbocycles. The Labute approximate surface area is 197 Å². The van der Waals surface area contributed by atoms with Crippen molar-refractivity contribution in [1.29, 1.82) is 0 Å². The van der Waals surface area contributed by atoms with Crippen molar-refractivity contribution in [2.75, 3.05) is 26.2 Å². The Hall–Kier alpha value is -0.520. The minimum absolute atomic E-state index is 0. The summed E-state index contributed by atoms with van der Waals surface area (Å²) in [5.41, 5.74) is 5.72. The summed E-state index contributed by atoms with van der Waals surface area (Å²) in [5.74, 6) is 1.16. The van der Waals surface area contributed by atoms with E-state index in [-0.39, 0.29) is 30.3 Å². The van der Waals surface area contributed by atoms with E-state index in [0.29, 0.717) is 11.8 Å². The average Bonchev–Trinajstić information content (AvgIpc) is 2.92. The summed E-state index contributed by atoms with van der Waals surface area (Å²) < 4.78 is 0. The fourth-order valence-corrected chi connectivity index (χ4v) is 4.17. The van der Waals surface area contributed by atoms with E-state index in [9.17, 15) is 0 Å². The maximum Gasteiger partial charge on any atom is 0.0409 e. The van der Waals surface area contributed by atoms with Crippen LogP contribution in [-0.4, -0.2) is 31.7 Å². The third kappa shape index (κ3) is 7.91. The maximum absolute atomic E-state index is 5.97. The van der Waals surface area contributed by atoms with E-state index in [2.05, 4.69) is 48.7 Å². The summed E-state index contributed by atoms with van der Waals surface area (Å²) in [5, 5.41) is 8.55. The zero-order chi connectivity index (χ0) is 18.5. The highest BCUT2D eigenvalue weighted by Crippen LogP contribution is 2.26. The van der Waals surface area contributed by atoms with Gasteiger partial charge in [0.1, 0.15) is 0 Å². The molecule has 2 unspecified atom stereocenters. The van der Waals surface area contributed by atoms with Crippen LogP contribution in [0.3, 0.4) is 0 Å². The second kappa shape index (κ2) is 13.7. The molecule has 0 fully saturated rings. The summed E-state index contributed by atoms with van der Waals surface area (Å²) >= 11 is 11.9. The van der Waals surface area contributed by atoms with Gasteiger partial charge in [-0.15, -0.1) is 24.8 Å². The van der Waals surface area contributed by atoms with Gasteiger partial charge in [0.2, 0.25) is 0 Å². The smallest absolute Gasteiger partial charge is 0.0409 e. The Kier molecular flexibility index (Phi) is 13.5. The summed E-state index contributed by atoms with van der Waals surface area (Å²) in [6.45, 7) is 8.78.